The van der Waals surface area contributed by atoms with Gasteiger partial charge in [0.1, 0.15) is 68.9 Å². The lowest BCUT2D eigenvalue weighted by molar-refractivity contribution is -0.256. The maximum Gasteiger partial charge on any atom is 0.170 e. The zero-order valence-electron chi connectivity index (χ0n) is 60.6. The summed E-state index contributed by atoms with van der Waals surface area (Å²) in [5, 5.41) is 96.5. The smallest absolute Gasteiger partial charge is 0.170 e. The Morgan fingerprint density at radius 3 is 0.575 bits per heavy atom. The van der Waals surface area contributed by atoms with E-state index in [0.717, 1.165) is 0 Å². The molecular formula is C88H42N8O24-8. The summed E-state index contributed by atoms with van der Waals surface area (Å²) in [7, 11) is 0. The average Bonchev–Trinajstić information content (AvgIpc) is 1.59. The number of H-pyrrole nitrogens is 2. The number of rotatable bonds is 24. The first-order chi connectivity index (χ1) is 57.9. The Kier molecular flexibility index (Phi) is 19.1. The van der Waals surface area contributed by atoms with Gasteiger partial charge in [0.05, 0.1) is 47.8 Å². The molecular weight excluding hydrogens is 1550 g/mol. The van der Waals surface area contributed by atoms with E-state index in [1.54, 1.807) is 0 Å². The van der Waals surface area contributed by atoms with Gasteiger partial charge in [-0.2, -0.15) is 0 Å². The van der Waals surface area contributed by atoms with Crippen molar-refractivity contribution in [1.82, 2.24) is 39.9 Å². The summed E-state index contributed by atoms with van der Waals surface area (Å²) in [5.41, 5.74) is -0.688. The molecule has 586 valence electrons. The Hall–Kier alpha value is -17.8. The lowest BCUT2D eigenvalue weighted by Gasteiger charge is -2.16. The predicted molar refractivity (Wildman–Crippen MR) is 401 cm³/mol. The zero-order chi connectivity index (χ0) is 83.3. The van der Waals surface area contributed by atoms with E-state index in [0.29, 0.717) is 0 Å². The largest absolute Gasteiger partial charge is 0.545 e. The second-order valence-corrected chi connectivity index (χ2v) is 26.3. The second kappa shape index (κ2) is 30.6. The molecule has 3 aliphatic heterocycles. The number of carbonyl (C=O) groups is 8. The molecule has 2 N–H and O–H groups in total. The minimum Gasteiger partial charge on any atom is -0.545 e. The van der Waals surface area contributed by atoms with E-state index in [9.17, 15) is 79.2 Å². The van der Waals surface area contributed by atoms with Crippen molar-refractivity contribution < 1.29 is 117 Å². The summed E-state index contributed by atoms with van der Waals surface area (Å²) in [6, 6.07) is 53.3. The molecule has 3 aliphatic rings. The van der Waals surface area contributed by atoms with Crippen LogP contribution in [0.15, 0.2) is 243 Å². The minimum atomic E-state index is -1.49. The van der Waals surface area contributed by atoms with Gasteiger partial charge in [-0.05, 0) is 287 Å². The third-order valence-corrected chi connectivity index (χ3v) is 18.6. The molecule has 12 aromatic carbocycles. The lowest BCUT2D eigenvalue weighted by Crippen LogP contribution is -2.21. The van der Waals surface area contributed by atoms with Crippen LogP contribution in [0, 0.1) is 0 Å². The third-order valence-electron chi connectivity index (χ3n) is 18.6. The maximum absolute atomic E-state index is 12.0. The van der Waals surface area contributed by atoms with Crippen molar-refractivity contribution in [3.05, 3.63) is 287 Å². The summed E-state index contributed by atoms with van der Waals surface area (Å²) >= 11 is 0. The zero-order valence-corrected chi connectivity index (χ0v) is 60.6. The van der Waals surface area contributed by atoms with Gasteiger partial charge in [0.2, 0.25) is 0 Å². The van der Waals surface area contributed by atoms with Crippen molar-refractivity contribution in [3.8, 4) is 160 Å². The van der Waals surface area contributed by atoms with Crippen molar-refractivity contribution in [1.29, 1.82) is 0 Å². The average molecular weight is 1600 g/mol. The summed E-state index contributed by atoms with van der Waals surface area (Å²) in [4.78, 5) is 134. The molecule has 0 fully saturated rings. The van der Waals surface area contributed by atoms with Gasteiger partial charge in [-0.25, -0.2) is 29.9 Å². The molecule has 0 amide bonds. The van der Waals surface area contributed by atoms with Crippen LogP contribution in [0.1, 0.15) is 82.9 Å². The van der Waals surface area contributed by atoms with Crippen molar-refractivity contribution >= 4 is 69.8 Å². The SMILES string of the molecule is O=C([O-])c1ccc(Oc2cc3c(cc2Oc2ccc(C(=O)[O-])cc2)-c2nc-3nc3nc([nH]c4nc(nc5[nH]c(n2)c2cc(Oc6ccc(C(=O)[O-])cc6)c(Oc6ccc(C(=O)[O-])cc6)cc52)-c2cc(Oc5ccc(C(=O)[O-])cc5)c(Oc5ccc(C(=O)[O-])cc5)cc2-4)-c2cc(Oc4ccc(C(=O)[O-])cc4)c(Oc4ccc(C(=O)[O-])cc4)cc2-3)cc1. The summed E-state index contributed by atoms with van der Waals surface area (Å²) in [6.07, 6.45) is 0. The highest BCUT2D eigenvalue weighted by molar-refractivity contribution is 6.07. The fourth-order valence-electron chi connectivity index (χ4n) is 12.7. The van der Waals surface area contributed by atoms with E-state index in [2.05, 4.69) is 9.97 Å². The molecule has 32 heteroatoms. The molecule has 8 bridgehead atoms. The van der Waals surface area contributed by atoms with E-state index in [4.69, 9.17) is 67.8 Å². The highest BCUT2D eigenvalue weighted by Crippen LogP contribution is 2.51. The number of benzene rings is 12. The molecule has 5 heterocycles. The number of nitrogens with zero attached hydrogens (tertiary/aromatic N) is 6. The summed E-state index contributed by atoms with van der Waals surface area (Å²) in [5.74, 6) is -12.6. The molecule has 17 rings (SSSR count). The van der Waals surface area contributed by atoms with E-state index in [1.165, 1.54) is 243 Å². The first kappa shape index (κ1) is 74.9. The van der Waals surface area contributed by atoms with Crippen molar-refractivity contribution in [2.45, 2.75) is 0 Å². The van der Waals surface area contributed by atoms with E-state index in [1.807, 2.05) is 0 Å². The molecule has 0 aliphatic carbocycles. The highest BCUT2D eigenvalue weighted by Gasteiger charge is 2.32. The molecule has 0 saturated carbocycles. The summed E-state index contributed by atoms with van der Waals surface area (Å²) < 4.78 is 52.4. The van der Waals surface area contributed by atoms with Gasteiger partial charge in [0, 0.05) is 44.2 Å². The number of carbonyl (C=O) groups excluding carboxylic acids is 8. The monoisotopic (exact) mass is 1590 g/mol. The lowest BCUT2D eigenvalue weighted by atomic mass is 10.1. The Bertz CT molecular complexity index is 6470. The van der Waals surface area contributed by atoms with Crippen LogP contribution in [0.5, 0.6) is 92.0 Å². The van der Waals surface area contributed by atoms with Crippen LogP contribution in [-0.4, -0.2) is 87.6 Å². The van der Waals surface area contributed by atoms with Gasteiger partial charge < -0.3 is 127 Å². The number of aromatic carboxylic acids is 8. The summed E-state index contributed by atoms with van der Waals surface area (Å²) in [6.45, 7) is 0. The highest BCUT2D eigenvalue weighted by atomic mass is 16.5. The number of aromatic amines is 2. The Balaban J connectivity index is 0.971. The van der Waals surface area contributed by atoms with Gasteiger partial charge in [0.15, 0.2) is 69.3 Å². The minimum absolute atomic E-state index is 0.0434. The first-order valence-corrected chi connectivity index (χ1v) is 35.4. The number of carboxylic acids is 8. The van der Waals surface area contributed by atoms with Crippen molar-refractivity contribution in [3.63, 3.8) is 0 Å². The normalized spacial score (nSPS) is 11.2. The Morgan fingerprint density at radius 2 is 0.367 bits per heavy atom. The molecule has 2 aromatic heterocycles. The Morgan fingerprint density at radius 1 is 0.200 bits per heavy atom. The topological polar surface area (TPSA) is 504 Å². The molecule has 0 unspecified atom stereocenters. The maximum atomic E-state index is 12.0. The molecule has 120 heavy (non-hydrogen) atoms. The number of hydrogen-bond donors (Lipinski definition) is 2. The van der Waals surface area contributed by atoms with E-state index in [-0.39, 0.29) is 227 Å². The van der Waals surface area contributed by atoms with Crippen LogP contribution in [0.4, 0.5) is 0 Å². The third kappa shape index (κ3) is 15.2. The van der Waals surface area contributed by atoms with E-state index >= 15 is 0 Å². The molecule has 0 radical (unpaired) electrons. The van der Waals surface area contributed by atoms with Gasteiger partial charge in [0.25, 0.3) is 0 Å². The quantitative estimate of drug-likeness (QED) is 0.0578. The van der Waals surface area contributed by atoms with Crippen LogP contribution >= 0.6 is 0 Å². The molecule has 0 atom stereocenters. The van der Waals surface area contributed by atoms with Gasteiger partial charge in [-0.3, -0.25) is 0 Å². The fourth-order valence-corrected chi connectivity index (χ4v) is 12.7. The predicted octanol–water partition coefficient (Wildman–Crippen LogP) is 8.02. The Labute approximate surface area is 671 Å². The first-order valence-electron chi connectivity index (χ1n) is 35.4. The van der Waals surface area contributed by atoms with Crippen LogP contribution in [0.25, 0.3) is 90.4 Å². The van der Waals surface area contributed by atoms with Crippen molar-refractivity contribution in [2.75, 3.05) is 0 Å². The molecule has 14 aromatic rings. The number of ether oxygens (including phenoxy) is 8. The van der Waals surface area contributed by atoms with Gasteiger partial charge >= 0.3 is 0 Å². The van der Waals surface area contributed by atoms with Gasteiger partial charge in [-0.1, -0.05) is 0 Å². The van der Waals surface area contributed by atoms with E-state index < -0.39 is 47.8 Å². The van der Waals surface area contributed by atoms with Crippen LogP contribution in [-0.2, 0) is 0 Å². The van der Waals surface area contributed by atoms with Crippen LogP contribution in [0.3, 0.4) is 0 Å². The van der Waals surface area contributed by atoms with Crippen LogP contribution < -0.4 is 78.7 Å². The number of aromatic nitrogens is 8. The molecule has 32 nitrogen and oxygen atoms in total. The molecule has 0 spiro atoms. The molecule has 0 saturated heterocycles. The number of hydrogen-bond acceptors (Lipinski definition) is 30. The van der Waals surface area contributed by atoms with Gasteiger partial charge in [-0.15, -0.1) is 0 Å². The van der Waals surface area contributed by atoms with Crippen LogP contribution in [0.2, 0.25) is 0 Å². The van der Waals surface area contributed by atoms with Crippen molar-refractivity contribution in [2.24, 2.45) is 0 Å². The number of fused-ring (bicyclic) bond motifs is 20. The number of nitrogens with one attached hydrogen (secondary N) is 2. The fraction of sp³-hybridized carbons (Fsp3) is 0. The number of carboxylic acid groups (broad SMARTS) is 8. The standard InChI is InChI=1S/C88H50N8O24/c97-81(98)41-1-17-49(18-2-41)113-65-33-57-58(34-66(65)114-50-19-3-42(4-20-50)82(99)100)74-89-73(57)93-75-59-35-67(115-51-21-5-43(6-22-51)83(101)102)68(116-52-23-7-44(8-24-52)84(103)104)36-60(59)77(90-75)95-79-63-39-71(119-55-29-13-47(14-30-55)87(109)110)72(120-56-31-15-48(16-32-56)88(111)112)40-64(63)80(92-79)96-78-62-38-70(118-54-27-11-46(12-28-54)86(107)108)69(37-61(62)76(91-78)94-74)117-53-25-9-45(10-26-53)85(105)106/h1-40H,(H,97,98)(H,99,100)(H,101,102)(H,103,104)(H,105,106)(H,107,108)(H,109,110)(H,111,112)(H2,89,90,91,92,93,94,95,96)/p-8. The second-order valence-electron chi connectivity index (χ2n) is 26.3.